The number of H-pyrrole nitrogens is 1. The van der Waals surface area contributed by atoms with Gasteiger partial charge in [-0.1, -0.05) is 18.2 Å². The Kier molecular flexibility index (Phi) is 3.97. The molecule has 1 aromatic heterocycles. The molecule has 0 radical (unpaired) electrons. The number of aromatic amines is 1. The first kappa shape index (κ1) is 14.1. The third kappa shape index (κ3) is 2.95. The molecule has 1 aliphatic rings. The van der Waals surface area contributed by atoms with E-state index in [1.807, 2.05) is 42.3 Å². The van der Waals surface area contributed by atoms with Crippen LogP contribution in [0.4, 0.5) is 0 Å². The van der Waals surface area contributed by atoms with Crippen molar-refractivity contribution >= 4 is 16.8 Å². The molecule has 4 nitrogen and oxygen atoms in total. The van der Waals surface area contributed by atoms with Crippen LogP contribution in [-0.2, 0) is 11.2 Å². The number of hydrogen-bond acceptors (Lipinski definition) is 2. The summed E-state index contributed by atoms with van der Waals surface area (Å²) >= 11 is 0. The van der Waals surface area contributed by atoms with Gasteiger partial charge in [0.2, 0.25) is 5.91 Å². The van der Waals surface area contributed by atoms with E-state index in [0.717, 1.165) is 42.4 Å². The highest BCUT2D eigenvalue weighted by Gasteiger charge is 2.25. The minimum Gasteiger partial charge on any atom is -0.393 e. The van der Waals surface area contributed by atoms with Crippen molar-refractivity contribution in [3.63, 3.8) is 0 Å². The number of nitrogens with zero attached hydrogens (tertiary/aromatic N) is 1. The molecule has 112 valence electrons. The first-order valence-corrected chi connectivity index (χ1v) is 7.66. The zero-order chi connectivity index (χ0) is 14.8. The second-order valence-corrected chi connectivity index (χ2v) is 6.00. The predicted octanol–water partition coefficient (Wildman–Crippen LogP) is 2.33. The van der Waals surface area contributed by atoms with E-state index in [2.05, 4.69) is 4.98 Å². The smallest absolute Gasteiger partial charge is 0.227 e. The largest absolute Gasteiger partial charge is 0.393 e. The summed E-state index contributed by atoms with van der Waals surface area (Å²) in [5, 5.41) is 10.7. The Morgan fingerprint density at radius 3 is 2.81 bits per heavy atom. The number of benzene rings is 1. The topological polar surface area (TPSA) is 56.3 Å². The Labute approximate surface area is 124 Å². The maximum absolute atomic E-state index is 12.4. The van der Waals surface area contributed by atoms with Crippen LogP contribution in [0.2, 0.25) is 0 Å². The molecule has 2 aromatic rings. The third-order valence-electron chi connectivity index (χ3n) is 4.59. The van der Waals surface area contributed by atoms with E-state index in [1.165, 1.54) is 0 Å². The summed E-state index contributed by atoms with van der Waals surface area (Å²) in [4.78, 5) is 17.6. The highest BCUT2D eigenvalue weighted by Crippen LogP contribution is 2.23. The maximum atomic E-state index is 12.4. The van der Waals surface area contributed by atoms with Gasteiger partial charge in [-0.15, -0.1) is 0 Å². The molecule has 3 rings (SSSR count). The third-order valence-corrected chi connectivity index (χ3v) is 4.59. The van der Waals surface area contributed by atoms with E-state index in [1.54, 1.807) is 0 Å². The lowest BCUT2D eigenvalue weighted by molar-refractivity contribution is -0.132. The minimum absolute atomic E-state index is 0.184. The number of nitrogens with one attached hydrogen (secondary N) is 1. The number of para-hydroxylation sites is 1. The average Bonchev–Trinajstić information content (AvgIpc) is 2.91. The standard InChI is InChI=1S/C17H22N2O2/c1-12(20)13-6-8-19(9-7-13)17(21)10-14-11-18-16-5-3-2-4-15(14)16/h2-5,11-13,18,20H,6-10H2,1H3. The summed E-state index contributed by atoms with van der Waals surface area (Å²) in [5.41, 5.74) is 2.14. The van der Waals surface area contributed by atoms with Crippen molar-refractivity contribution in [1.82, 2.24) is 9.88 Å². The lowest BCUT2D eigenvalue weighted by Crippen LogP contribution is -2.41. The zero-order valence-electron chi connectivity index (χ0n) is 12.4. The van der Waals surface area contributed by atoms with Crippen molar-refractivity contribution in [3.05, 3.63) is 36.0 Å². The van der Waals surface area contributed by atoms with Gasteiger partial charge >= 0.3 is 0 Å². The van der Waals surface area contributed by atoms with Gasteiger partial charge in [-0.2, -0.15) is 0 Å². The first-order chi connectivity index (χ1) is 10.1. The predicted molar refractivity (Wildman–Crippen MR) is 83.0 cm³/mol. The average molecular weight is 286 g/mol. The Balaban J connectivity index is 1.65. The molecular formula is C17H22N2O2. The number of piperidine rings is 1. The van der Waals surface area contributed by atoms with Crippen LogP contribution in [0.1, 0.15) is 25.3 Å². The van der Waals surface area contributed by atoms with Gasteiger partial charge in [0, 0.05) is 30.2 Å². The summed E-state index contributed by atoms with van der Waals surface area (Å²) < 4.78 is 0. The van der Waals surface area contributed by atoms with E-state index < -0.39 is 0 Å². The number of fused-ring (bicyclic) bond motifs is 1. The fourth-order valence-electron chi connectivity index (χ4n) is 3.18. The normalized spacial score (nSPS) is 18.1. The Bertz CT molecular complexity index is 625. The molecule has 1 saturated heterocycles. The SMILES string of the molecule is CC(O)C1CCN(C(=O)Cc2c[nH]c3ccccc23)CC1. The Hall–Kier alpha value is -1.81. The van der Waals surface area contributed by atoms with Gasteiger partial charge in [0.15, 0.2) is 0 Å². The highest BCUT2D eigenvalue weighted by atomic mass is 16.3. The summed E-state index contributed by atoms with van der Waals surface area (Å²) in [6.07, 6.45) is 3.92. The molecule has 2 heterocycles. The fraction of sp³-hybridized carbons (Fsp3) is 0.471. The van der Waals surface area contributed by atoms with Crippen LogP contribution in [0, 0.1) is 5.92 Å². The van der Waals surface area contributed by atoms with E-state index in [-0.39, 0.29) is 12.0 Å². The van der Waals surface area contributed by atoms with Crippen molar-refractivity contribution in [2.75, 3.05) is 13.1 Å². The number of carbonyl (C=O) groups is 1. The molecule has 1 fully saturated rings. The summed E-state index contributed by atoms with van der Waals surface area (Å²) in [6.45, 7) is 3.36. The Morgan fingerprint density at radius 2 is 2.10 bits per heavy atom. The van der Waals surface area contributed by atoms with Gasteiger partial charge < -0.3 is 15.0 Å². The van der Waals surface area contributed by atoms with Crippen molar-refractivity contribution in [3.8, 4) is 0 Å². The highest BCUT2D eigenvalue weighted by molar-refractivity contribution is 5.88. The van der Waals surface area contributed by atoms with Crippen molar-refractivity contribution in [1.29, 1.82) is 0 Å². The molecule has 0 saturated carbocycles. The van der Waals surface area contributed by atoms with Gasteiger partial charge in [0.25, 0.3) is 0 Å². The van der Waals surface area contributed by atoms with Crippen LogP contribution >= 0.6 is 0 Å². The van der Waals surface area contributed by atoms with E-state index in [4.69, 9.17) is 0 Å². The van der Waals surface area contributed by atoms with E-state index >= 15 is 0 Å². The van der Waals surface area contributed by atoms with Crippen LogP contribution in [0.3, 0.4) is 0 Å². The van der Waals surface area contributed by atoms with Crippen LogP contribution in [0.15, 0.2) is 30.5 Å². The molecule has 1 unspecified atom stereocenters. The molecule has 4 heteroatoms. The lowest BCUT2D eigenvalue weighted by atomic mass is 9.92. The zero-order valence-corrected chi connectivity index (χ0v) is 12.4. The summed E-state index contributed by atoms with van der Waals surface area (Å²) in [5.74, 6) is 0.519. The number of carbonyl (C=O) groups excluding carboxylic acids is 1. The lowest BCUT2D eigenvalue weighted by Gasteiger charge is -2.33. The molecule has 0 aliphatic carbocycles. The van der Waals surface area contributed by atoms with Crippen LogP contribution in [0.25, 0.3) is 10.9 Å². The molecule has 2 N–H and O–H groups in total. The van der Waals surface area contributed by atoms with Crippen LogP contribution in [0.5, 0.6) is 0 Å². The molecule has 1 aromatic carbocycles. The second kappa shape index (κ2) is 5.90. The number of aromatic nitrogens is 1. The number of rotatable bonds is 3. The molecule has 0 bridgehead atoms. The number of amides is 1. The molecule has 1 amide bonds. The van der Waals surface area contributed by atoms with E-state index in [0.29, 0.717) is 12.3 Å². The van der Waals surface area contributed by atoms with Gasteiger partial charge in [-0.05, 0) is 37.3 Å². The van der Waals surface area contributed by atoms with Crippen LogP contribution < -0.4 is 0 Å². The first-order valence-electron chi connectivity index (χ1n) is 7.66. The molecule has 21 heavy (non-hydrogen) atoms. The molecule has 0 spiro atoms. The fourth-order valence-corrected chi connectivity index (χ4v) is 3.18. The maximum Gasteiger partial charge on any atom is 0.227 e. The number of hydrogen-bond donors (Lipinski definition) is 2. The summed E-state index contributed by atoms with van der Waals surface area (Å²) in [7, 11) is 0. The van der Waals surface area contributed by atoms with Crippen molar-refractivity contribution < 1.29 is 9.90 Å². The van der Waals surface area contributed by atoms with Crippen molar-refractivity contribution in [2.24, 2.45) is 5.92 Å². The van der Waals surface area contributed by atoms with Gasteiger partial charge in [0.1, 0.15) is 0 Å². The van der Waals surface area contributed by atoms with Gasteiger partial charge in [-0.25, -0.2) is 0 Å². The van der Waals surface area contributed by atoms with Crippen molar-refractivity contribution in [2.45, 2.75) is 32.3 Å². The molecule has 1 aliphatic heterocycles. The minimum atomic E-state index is -0.268. The van der Waals surface area contributed by atoms with Gasteiger partial charge in [0.05, 0.1) is 12.5 Å². The molecular weight excluding hydrogens is 264 g/mol. The van der Waals surface area contributed by atoms with Crippen LogP contribution in [-0.4, -0.2) is 40.1 Å². The monoisotopic (exact) mass is 286 g/mol. The van der Waals surface area contributed by atoms with Gasteiger partial charge in [-0.3, -0.25) is 4.79 Å². The second-order valence-electron chi connectivity index (χ2n) is 6.00. The summed E-state index contributed by atoms with van der Waals surface area (Å²) in [6, 6.07) is 8.06. The number of likely N-dealkylation sites (tertiary alicyclic amines) is 1. The number of aliphatic hydroxyl groups is 1. The Morgan fingerprint density at radius 1 is 1.38 bits per heavy atom. The number of aliphatic hydroxyl groups excluding tert-OH is 1. The van der Waals surface area contributed by atoms with E-state index in [9.17, 15) is 9.90 Å². The molecule has 1 atom stereocenters. The quantitative estimate of drug-likeness (QED) is 0.910.